The molecule has 14 nitrogen and oxygen atoms in total. The van der Waals surface area contributed by atoms with Crippen LogP contribution in [0.25, 0.3) is 0 Å². The first-order valence-corrected chi connectivity index (χ1v) is 20.9. The van der Waals surface area contributed by atoms with E-state index in [0.29, 0.717) is 25.7 Å². The van der Waals surface area contributed by atoms with Gasteiger partial charge in [-0.05, 0) is 117 Å². The lowest BCUT2D eigenvalue weighted by atomic mass is 9.41. The third-order valence-corrected chi connectivity index (χ3v) is 17.6. The Morgan fingerprint density at radius 3 is 2.05 bits per heavy atom. The molecule has 21 atom stereocenters. The maximum absolute atomic E-state index is 12.2. The Morgan fingerprint density at radius 1 is 0.709 bits per heavy atom. The van der Waals surface area contributed by atoms with Gasteiger partial charge in [-0.1, -0.05) is 27.7 Å². The average molecular weight is 785 g/mol. The quantitative estimate of drug-likeness (QED) is 0.162. The predicted molar refractivity (Wildman–Crippen MR) is 194 cm³/mol. The van der Waals surface area contributed by atoms with Crippen LogP contribution in [-0.4, -0.2) is 150 Å². The monoisotopic (exact) mass is 784 g/mol. The van der Waals surface area contributed by atoms with Crippen molar-refractivity contribution in [3.63, 3.8) is 0 Å². The molecule has 5 aliphatic carbocycles. The van der Waals surface area contributed by atoms with Gasteiger partial charge in [0.2, 0.25) is 0 Å². The normalized spacial score (nSPS) is 58.7. The summed E-state index contributed by atoms with van der Waals surface area (Å²) in [6.07, 6.45) is -7.48. The van der Waals surface area contributed by atoms with Crippen LogP contribution in [0.4, 0.5) is 0 Å². The molecule has 316 valence electrons. The molecule has 8 rings (SSSR count). The molecule has 55 heavy (non-hydrogen) atoms. The van der Waals surface area contributed by atoms with Crippen LogP contribution in [0.2, 0.25) is 0 Å². The van der Waals surface area contributed by atoms with Gasteiger partial charge in [0.25, 0.3) is 0 Å². The lowest BCUT2D eigenvalue weighted by Gasteiger charge is -2.65. The Hall–Kier alpha value is -0.560. The Kier molecular flexibility index (Phi) is 9.90. The molecule has 0 amide bonds. The zero-order valence-corrected chi connectivity index (χ0v) is 33.6. The second-order valence-corrected chi connectivity index (χ2v) is 21.1. The van der Waals surface area contributed by atoms with Crippen molar-refractivity contribution in [2.45, 2.75) is 197 Å². The minimum Gasteiger partial charge on any atom is -0.394 e. The van der Waals surface area contributed by atoms with Crippen molar-refractivity contribution in [3.8, 4) is 0 Å². The molecule has 5 saturated carbocycles. The van der Waals surface area contributed by atoms with Crippen molar-refractivity contribution in [2.75, 3.05) is 13.2 Å². The fourth-order valence-electron chi connectivity index (χ4n) is 14.9. The zero-order valence-electron chi connectivity index (χ0n) is 33.6. The first kappa shape index (κ1) is 41.2. The fraction of sp³-hybridized carbons (Fsp3) is 1.00. The van der Waals surface area contributed by atoms with E-state index in [4.69, 9.17) is 23.7 Å². The Balaban J connectivity index is 1.15. The van der Waals surface area contributed by atoms with Gasteiger partial charge in [0.1, 0.15) is 42.7 Å². The summed E-state index contributed by atoms with van der Waals surface area (Å²) >= 11 is 0. The second-order valence-electron chi connectivity index (χ2n) is 21.1. The molecule has 0 aromatic heterocycles. The molecule has 3 heterocycles. The minimum absolute atomic E-state index is 0.0633. The summed E-state index contributed by atoms with van der Waals surface area (Å²) in [4.78, 5) is 0. The van der Waals surface area contributed by atoms with Crippen LogP contribution < -0.4 is 0 Å². The molecule has 3 saturated heterocycles. The van der Waals surface area contributed by atoms with Gasteiger partial charge < -0.3 is 69.6 Å². The summed E-state index contributed by atoms with van der Waals surface area (Å²) in [5, 5.41) is 97.2. The first-order valence-electron chi connectivity index (χ1n) is 20.9. The number of hydrogen-bond donors (Lipinski definition) is 9. The smallest absolute Gasteiger partial charge is 0.186 e. The molecule has 8 aliphatic rings. The maximum Gasteiger partial charge on any atom is 0.186 e. The largest absolute Gasteiger partial charge is 0.394 e. The lowest BCUT2D eigenvalue weighted by molar-refractivity contribution is -0.339. The number of aliphatic hydroxyl groups is 9. The van der Waals surface area contributed by atoms with Crippen molar-refractivity contribution < 1.29 is 69.6 Å². The Bertz CT molecular complexity index is 1460. The van der Waals surface area contributed by atoms with E-state index in [0.717, 1.165) is 32.1 Å². The van der Waals surface area contributed by atoms with E-state index >= 15 is 0 Å². The van der Waals surface area contributed by atoms with E-state index in [1.165, 1.54) is 0 Å². The highest BCUT2D eigenvalue weighted by atomic mass is 16.7. The van der Waals surface area contributed by atoms with E-state index in [1.807, 2.05) is 0 Å². The molecule has 9 N–H and O–H groups in total. The van der Waals surface area contributed by atoms with Crippen molar-refractivity contribution in [3.05, 3.63) is 0 Å². The van der Waals surface area contributed by atoms with Gasteiger partial charge in [0.05, 0.1) is 48.8 Å². The van der Waals surface area contributed by atoms with Gasteiger partial charge in [-0.25, -0.2) is 0 Å². The molecule has 8 fully saturated rings. The van der Waals surface area contributed by atoms with E-state index in [-0.39, 0.29) is 52.1 Å². The predicted octanol–water partition coefficient (Wildman–Crippen LogP) is 0.724. The highest BCUT2D eigenvalue weighted by Gasteiger charge is 2.85. The second kappa shape index (κ2) is 13.2. The highest BCUT2D eigenvalue weighted by molar-refractivity contribution is 5.33. The SMILES string of the molecule is CC(C)(O)[C@H]1CC[C@@](C)([C@@H]2[C@H](O)C[C@]3(C)[C@H]4C[C@@H](O[C@H]5O[C@@H](CO)C(O)[C@@H](O)C5O)[C@@H]5C(C)(C)[C@H](O[C@H]6OC[C@H](O)[C@@H](O)[C@@H]6O)CC[C@]56C[C@]46CC[C@@]23C)O1. The van der Waals surface area contributed by atoms with Gasteiger partial charge in [-0.15, -0.1) is 0 Å². The van der Waals surface area contributed by atoms with Crippen LogP contribution in [0.1, 0.15) is 106 Å². The third-order valence-electron chi connectivity index (χ3n) is 17.6. The zero-order chi connectivity index (χ0) is 40.1. The van der Waals surface area contributed by atoms with Gasteiger partial charge in [-0.2, -0.15) is 0 Å². The molecule has 2 spiro atoms. The topological polar surface area (TPSA) is 228 Å². The van der Waals surface area contributed by atoms with Gasteiger partial charge >= 0.3 is 0 Å². The number of aliphatic hydroxyl groups excluding tert-OH is 8. The summed E-state index contributed by atoms with van der Waals surface area (Å²) in [6.45, 7) is 13.8. The molecule has 3 aliphatic heterocycles. The first-order chi connectivity index (χ1) is 25.5. The number of hydrogen-bond acceptors (Lipinski definition) is 14. The van der Waals surface area contributed by atoms with Crippen molar-refractivity contribution in [1.82, 2.24) is 0 Å². The summed E-state index contributed by atoms with van der Waals surface area (Å²) in [5.74, 6) is -0.215. The van der Waals surface area contributed by atoms with Gasteiger partial charge in [0.15, 0.2) is 12.6 Å². The van der Waals surface area contributed by atoms with Crippen LogP contribution in [0.3, 0.4) is 0 Å². The fourth-order valence-corrected chi connectivity index (χ4v) is 14.9. The Morgan fingerprint density at radius 2 is 1.40 bits per heavy atom. The minimum atomic E-state index is -1.60. The number of fused-ring (bicyclic) bond motifs is 2. The van der Waals surface area contributed by atoms with Crippen molar-refractivity contribution in [1.29, 1.82) is 0 Å². The van der Waals surface area contributed by atoms with E-state index in [9.17, 15) is 46.0 Å². The molecular formula is C41H68O14. The van der Waals surface area contributed by atoms with Crippen molar-refractivity contribution in [2.24, 2.45) is 44.8 Å². The summed E-state index contributed by atoms with van der Waals surface area (Å²) in [6, 6.07) is 0. The molecular weight excluding hydrogens is 716 g/mol. The van der Waals surface area contributed by atoms with Crippen LogP contribution in [0, 0.1) is 44.8 Å². The molecule has 0 bridgehead atoms. The van der Waals surface area contributed by atoms with Crippen molar-refractivity contribution >= 4 is 0 Å². The molecule has 14 heteroatoms. The van der Waals surface area contributed by atoms with Crippen LogP contribution in [0.5, 0.6) is 0 Å². The van der Waals surface area contributed by atoms with Gasteiger partial charge in [-0.3, -0.25) is 0 Å². The Labute approximate surface area is 324 Å². The number of rotatable bonds is 7. The molecule has 0 aromatic rings. The molecule has 2 unspecified atom stereocenters. The maximum atomic E-state index is 12.2. The third kappa shape index (κ3) is 5.70. The standard InChI is InChI=1S/C41H68O14/c1-35(2)24(54-33-29(48)26(45)20(44)17-51-33)9-11-41-18-40(41)13-12-37(5)31(39(7)10-8-25(55-39)36(3,4)50)19(43)15-38(37,6)23(40)14-21(32(35)41)52-34-30(49)28(47)27(46)22(16-42)53-34/h19-34,42-50H,8-18H2,1-7H3/t19-,20+,21-,22+,23-,24-,25-,26-,27?,28-,29+,30?,31-,32-,33-,34+,37+,38-,39+,40-,41+/m1/s1. The van der Waals surface area contributed by atoms with Crippen LogP contribution >= 0.6 is 0 Å². The van der Waals surface area contributed by atoms with E-state index < -0.39 is 96.8 Å². The van der Waals surface area contributed by atoms with Gasteiger partial charge in [0, 0.05) is 5.92 Å². The number of ether oxygens (including phenoxy) is 5. The highest BCUT2D eigenvalue weighted by Crippen LogP contribution is 2.89. The van der Waals surface area contributed by atoms with E-state index in [1.54, 1.807) is 13.8 Å². The summed E-state index contributed by atoms with van der Waals surface area (Å²) in [7, 11) is 0. The molecule has 0 radical (unpaired) electrons. The average Bonchev–Trinajstić information content (AvgIpc) is 3.47. The summed E-state index contributed by atoms with van der Waals surface area (Å²) in [5.41, 5.74) is -3.16. The summed E-state index contributed by atoms with van der Waals surface area (Å²) < 4.78 is 31.9. The lowest BCUT2D eigenvalue weighted by Crippen LogP contribution is -2.65. The van der Waals surface area contributed by atoms with Crippen LogP contribution in [-0.2, 0) is 23.7 Å². The molecule has 0 aromatic carbocycles. The van der Waals surface area contributed by atoms with Crippen LogP contribution in [0.15, 0.2) is 0 Å². The van der Waals surface area contributed by atoms with E-state index in [2.05, 4.69) is 34.6 Å².